The molecular weight excluding hydrogens is 180 g/mol. The highest BCUT2D eigenvalue weighted by Crippen LogP contribution is 2.22. The first-order valence-corrected chi connectivity index (χ1v) is 4.46. The largest absolute Gasteiger partial charge is 0.345 e. The SMILES string of the molecule is C[C@@]1(c2ccccc2)NNC(=O)CO1. The van der Waals surface area contributed by atoms with E-state index in [4.69, 9.17) is 4.74 Å². The Balaban J connectivity index is 2.21. The lowest BCUT2D eigenvalue weighted by atomic mass is 10.1. The number of hydrogen-bond acceptors (Lipinski definition) is 3. The van der Waals surface area contributed by atoms with Crippen LogP contribution in [-0.2, 0) is 15.3 Å². The number of ether oxygens (including phenoxy) is 1. The number of hydrogen-bond donors (Lipinski definition) is 2. The topological polar surface area (TPSA) is 50.4 Å². The summed E-state index contributed by atoms with van der Waals surface area (Å²) in [5.74, 6) is -0.154. The summed E-state index contributed by atoms with van der Waals surface area (Å²) in [4.78, 5) is 10.9. The molecule has 1 amide bonds. The Labute approximate surface area is 82.2 Å². The van der Waals surface area contributed by atoms with E-state index in [2.05, 4.69) is 10.9 Å². The van der Waals surface area contributed by atoms with Gasteiger partial charge in [0, 0.05) is 0 Å². The summed E-state index contributed by atoms with van der Waals surface area (Å²) in [5, 5.41) is 0. The standard InChI is InChI=1S/C10H12N2O2/c1-10(8-5-3-2-4-6-8)12-11-9(13)7-14-10/h2-6,12H,7H2,1H3,(H,11,13)/t10-/m1/s1. The van der Waals surface area contributed by atoms with E-state index in [-0.39, 0.29) is 12.5 Å². The van der Waals surface area contributed by atoms with Crippen LogP contribution in [0.2, 0.25) is 0 Å². The summed E-state index contributed by atoms with van der Waals surface area (Å²) in [6, 6.07) is 9.70. The molecule has 0 saturated carbocycles. The lowest BCUT2D eigenvalue weighted by Crippen LogP contribution is -2.58. The van der Waals surface area contributed by atoms with Crippen molar-refractivity contribution in [1.29, 1.82) is 0 Å². The summed E-state index contributed by atoms with van der Waals surface area (Å²) in [6.45, 7) is 1.96. The molecule has 0 radical (unpaired) electrons. The molecule has 4 nitrogen and oxygen atoms in total. The molecule has 2 rings (SSSR count). The summed E-state index contributed by atoms with van der Waals surface area (Å²) >= 11 is 0. The van der Waals surface area contributed by atoms with Gasteiger partial charge in [0.15, 0.2) is 5.72 Å². The van der Waals surface area contributed by atoms with Gasteiger partial charge in [-0.15, -0.1) is 0 Å². The van der Waals surface area contributed by atoms with E-state index in [0.29, 0.717) is 0 Å². The molecule has 74 valence electrons. The molecule has 0 bridgehead atoms. The third kappa shape index (κ3) is 1.62. The Morgan fingerprint density at radius 1 is 1.36 bits per heavy atom. The molecule has 1 fully saturated rings. The molecule has 0 aromatic heterocycles. The van der Waals surface area contributed by atoms with Gasteiger partial charge in [-0.05, 0) is 12.5 Å². The molecule has 2 N–H and O–H groups in total. The minimum atomic E-state index is -0.630. The van der Waals surface area contributed by atoms with Crippen LogP contribution in [-0.4, -0.2) is 12.5 Å². The second-order valence-corrected chi connectivity index (χ2v) is 3.36. The van der Waals surface area contributed by atoms with Crippen LogP contribution in [0.4, 0.5) is 0 Å². The predicted octanol–water partition coefficient (Wildman–Crippen LogP) is 0.510. The molecule has 1 aromatic carbocycles. The number of benzene rings is 1. The maximum atomic E-state index is 10.9. The normalized spacial score (nSPS) is 27.1. The fourth-order valence-corrected chi connectivity index (χ4v) is 1.38. The van der Waals surface area contributed by atoms with E-state index >= 15 is 0 Å². The van der Waals surface area contributed by atoms with Crippen LogP contribution in [0.25, 0.3) is 0 Å². The average Bonchev–Trinajstić information content (AvgIpc) is 2.24. The first-order chi connectivity index (χ1) is 6.71. The van der Waals surface area contributed by atoms with Gasteiger partial charge in [-0.1, -0.05) is 30.3 Å². The maximum absolute atomic E-state index is 10.9. The van der Waals surface area contributed by atoms with Crippen molar-refractivity contribution in [2.45, 2.75) is 12.6 Å². The van der Waals surface area contributed by atoms with Crippen LogP contribution in [0.3, 0.4) is 0 Å². The average molecular weight is 192 g/mol. The molecule has 1 aliphatic rings. The zero-order chi connectivity index (χ0) is 10.0. The Morgan fingerprint density at radius 3 is 2.64 bits per heavy atom. The van der Waals surface area contributed by atoms with E-state index in [1.807, 2.05) is 37.3 Å². The van der Waals surface area contributed by atoms with Gasteiger partial charge in [0.1, 0.15) is 6.61 Å². The maximum Gasteiger partial charge on any atom is 0.260 e. The molecule has 0 spiro atoms. The minimum absolute atomic E-state index is 0.0817. The van der Waals surface area contributed by atoms with E-state index in [0.717, 1.165) is 5.56 Å². The fourth-order valence-electron chi connectivity index (χ4n) is 1.38. The van der Waals surface area contributed by atoms with Gasteiger partial charge in [0.25, 0.3) is 5.91 Å². The smallest absolute Gasteiger partial charge is 0.260 e. The lowest BCUT2D eigenvalue weighted by molar-refractivity contribution is -0.154. The Hall–Kier alpha value is -1.39. The fraction of sp³-hybridized carbons (Fsp3) is 0.300. The molecule has 0 unspecified atom stereocenters. The van der Waals surface area contributed by atoms with Crippen LogP contribution in [0.15, 0.2) is 30.3 Å². The molecule has 1 heterocycles. The molecule has 1 saturated heterocycles. The monoisotopic (exact) mass is 192 g/mol. The van der Waals surface area contributed by atoms with Crippen LogP contribution < -0.4 is 10.9 Å². The van der Waals surface area contributed by atoms with E-state index in [9.17, 15) is 4.79 Å². The second-order valence-electron chi connectivity index (χ2n) is 3.36. The van der Waals surface area contributed by atoms with Gasteiger partial charge < -0.3 is 4.74 Å². The van der Waals surface area contributed by atoms with Crippen molar-refractivity contribution < 1.29 is 9.53 Å². The highest BCUT2D eigenvalue weighted by molar-refractivity contribution is 5.77. The lowest BCUT2D eigenvalue weighted by Gasteiger charge is -2.35. The quantitative estimate of drug-likeness (QED) is 0.681. The Morgan fingerprint density at radius 2 is 2.07 bits per heavy atom. The van der Waals surface area contributed by atoms with Crippen LogP contribution in [0.1, 0.15) is 12.5 Å². The van der Waals surface area contributed by atoms with Crippen molar-refractivity contribution >= 4 is 5.91 Å². The predicted molar refractivity (Wildman–Crippen MR) is 51.0 cm³/mol. The first kappa shape index (κ1) is 9.18. The van der Waals surface area contributed by atoms with Gasteiger partial charge in [-0.2, -0.15) is 5.43 Å². The second kappa shape index (κ2) is 3.40. The summed E-state index contributed by atoms with van der Waals surface area (Å²) in [6.07, 6.45) is 0. The summed E-state index contributed by atoms with van der Waals surface area (Å²) in [7, 11) is 0. The van der Waals surface area contributed by atoms with Crippen molar-refractivity contribution in [3.63, 3.8) is 0 Å². The third-order valence-electron chi connectivity index (χ3n) is 2.26. The zero-order valence-corrected chi connectivity index (χ0v) is 7.91. The molecule has 1 aromatic rings. The van der Waals surface area contributed by atoms with Crippen LogP contribution >= 0.6 is 0 Å². The number of carbonyl (C=O) groups excluding carboxylic acids is 1. The van der Waals surface area contributed by atoms with Crippen LogP contribution in [0.5, 0.6) is 0 Å². The number of nitrogens with one attached hydrogen (secondary N) is 2. The van der Waals surface area contributed by atoms with Crippen molar-refractivity contribution in [3.05, 3.63) is 35.9 Å². The van der Waals surface area contributed by atoms with E-state index < -0.39 is 5.72 Å². The van der Waals surface area contributed by atoms with Crippen molar-refractivity contribution in [1.82, 2.24) is 10.9 Å². The molecule has 1 aliphatic heterocycles. The highest BCUT2D eigenvalue weighted by Gasteiger charge is 2.31. The molecule has 4 heteroatoms. The Kier molecular flexibility index (Phi) is 2.23. The van der Waals surface area contributed by atoms with Gasteiger partial charge in [-0.3, -0.25) is 10.2 Å². The van der Waals surface area contributed by atoms with Gasteiger partial charge >= 0.3 is 0 Å². The van der Waals surface area contributed by atoms with Gasteiger partial charge in [0.2, 0.25) is 0 Å². The number of carbonyl (C=O) groups is 1. The summed E-state index contributed by atoms with van der Waals surface area (Å²) < 4.78 is 5.44. The van der Waals surface area contributed by atoms with Crippen molar-refractivity contribution in [2.24, 2.45) is 0 Å². The van der Waals surface area contributed by atoms with Crippen LogP contribution in [0, 0.1) is 0 Å². The van der Waals surface area contributed by atoms with Gasteiger partial charge in [-0.25, -0.2) is 0 Å². The van der Waals surface area contributed by atoms with E-state index in [1.165, 1.54) is 0 Å². The molecule has 14 heavy (non-hydrogen) atoms. The highest BCUT2D eigenvalue weighted by atomic mass is 16.5. The third-order valence-corrected chi connectivity index (χ3v) is 2.26. The van der Waals surface area contributed by atoms with Crippen molar-refractivity contribution in [2.75, 3.05) is 6.61 Å². The molecule has 1 atom stereocenters. The minimum Gasteiger partial charge on any atom is -0.345 e. The number of rotatable bonds is 1. The first-order valence-electron chi connectivity index (χ1n) is 4.46. The number of amides is 1. The zero-order valence-electron chi connectivity index (χ0n) is 7.91. The molecular formula is C10H12N2O2. The molecule has 0 aliphatic carbocycles. The van der Waals surface area contributed by atoms with Crippen molar-refractivity contribution in [3.8, 4) is 0 Å². The van der Waals surface area contributed by atoms with Gasteiger partial charge in [0.05, 0.1) is 0 Å². The Bertz CT molecular complexity index is 327. The van der Waals surface area contributed by atoms with E-state index in [1.54, 1.807) is 0 Å². The number of hydrazine groups is 1. The summed E-state index contributed by atoms with van der Waals surface area (Å²) in [5.41, 5.74) is 5.75.